The molecule has 8 heteroatoms. The summed E-state index contributed by atoms with van der Waals surface area (Å²) in [7, 11) is 0. The highest BCUT2D eigenvalue weighted by Crippen LogP contribution is 2.24. The van der Waals surface area contributed by atoms with Crippen LogP contribution in [0.5, 0.6) is 0 Å². The Labute approximate surface area is 171 Å². The van der Waals surface area contributed by atoms with Gasteiger partial charge in [0, 0.05) is 25.1 Å². The first-order chi connectivity index (χ1) is 14.5. The monoisotopic (exact) mass is 406 g/mol. The van der Waals surface area contributed by atoms with Crippen LogP contribution in [0.4, 0.5) is 4.39 Å². The lowest BCUT2D eigenvalue weighted by Crippen LogP contribution is -2.27. The number of nitrogens with one attached hydrogen (secondary N) is 1. The van der Waals surface area contributed by atoms with Crippen LogP contribution in [-0.2, 0) is 17.9 Å². The maximum Gasteiger partial charge on any atom is 0.299 e. The van der Waals surface area contributed by atoms with Gasteiger partial charge in [0.25, 0.3) is 11.1 Å². The number of carbonyl (C=O) groups is 1. The number of carbonyl (C=O) groups excluding carboxylic acids is 1. The average Bonchev–Trinajstić information content (AvgIpc) is 3.18. The van der Waals surface area contributed by atoms with E-state index in [1.54, 1.807) is 0 Å². The van der Waals surface area contributed by atoms with E-state index in [9.17, 15) is 14.0 Å². The predicted molar refractivity (Wildman–Crippen MR) is 109 cm³/mol. The molecule has 0 bridgehead atoms. The third kappa shape index (κ3) is 4.12. The molecule has 4 rings (SSSR count). The normalized spacial score (nSPS) is 11.0. The van der Waals surface area contributed by atoms with Crippen LogP contribution in [0.1, 0.15) is 17.5 Å². The van der Waals surface area contributed by atoms with Gasteiger partial charge in [-0.1, -0.05) is 35.0 Å². The van der Waals surface area contributed by atoms with E-state index in [1.807, 2.05) is 31.2 Å². The van der Waals surface area contributed by atoms with Crippen LogP contribution in [0.2, 0.25) is 0 Å². The summed E-state index contributed by atoms with van der Waals surface area (Å²) in [5.41, 5.74) is 2.99. The second-order valence-corrected chi connectivity index (χ2v) is 6.97. The smallest absolute Gasteiger partial charge is 0.299 e. The molecule has 0 atom stereocenters. The second kappa shape index (κ2) is 8.28. The lowest BCUT2D eigenvalue weighted by atomic mass is 10.1. The zero-order valence-electron chi connectivity index (χ0n) is 16.3. The molecular formula is C22H19FN4O3. The molecule has 0 unspecified atom stereocenters. The van der Waals surface area contributed by atoms with Gasteiger partial charge in [-0.15, -0.1) is 0 Å². The van der Waals surface area contributed by atoms with Crippen LogP contribution in [0, 0.1) is 12.7 Å². The van der Waals surface area contributed by atoms with Gasteiger partial charge in [-0.2, -0.15) is 0 Å². The Morgan fingerprint density at radius 2 is 1.87 bits per heavy atom. The number of hydrogen-bond donors (Lipinski definition) is 1. The molecule has 2 aromatic carbocycles. The number of aromatic nitrogens is 3. The lowest BCUT2D eigenvalue weighted by molar-refractivity contribution is -0.121. The van der Waals surface area contributed by atoms with Crippen molar-refractivity contribution in [2.45, 2.75) is 26.4 Å². The van der Waals surface area contributed by atoms with Crippen molar-refractivity contribution in [1.82, 2.24) is 20.0 Å². The number of benzene rings is 2. The molecule has 0 aliphatic heterocycles. The first-order valence-electron chi connectivity index (χ1n) is 9.44. The van der Waals surface area contributed by atoms with Gasteiger partial charge in [-0.05, 0) is 36.8 Å². The van der Waals surface area contributed by atoms with E-state index >= 15 is 0 Å². The molecule has 0 radical (unpaired) electrons. The van der Waals surface area contributed by atoms with Gasteiger partial charge in [0.2, 0.25) is 5.91 Å². The molecule has 2 heterocycles. The summed E-state index contributed by atoms with van der Waals surface area (Å²) in [6.45, 7) is 2.59. The van der Waals surface area contributed by atoms with Crippen molar-refractivity contribution in [2.24, 2.45) is 0 Å². The molecule has 1 amide bonds. The van der Waals surface area contributed by atoms with Gasteiger partial charge in [0.05, 0.1) is 6.33 Å². The first kappa shape index (κ1) is 19.5. The van der Waals surface area contributed by atoms with Crippen molar-refractivity contribution in [1.29, 1.82) is 0 Å². The standard InChI is InChI=1S/C22H19FN4O3/c1-14-2-4-15(5-3-14)12-24-18(28)10-11-27-13-25-20-19(26-30-21(20)22(27)29)16-6-8-17(23)9-7-16/h2-9,13H,10-12H2,1H3,(H,24,28). The molecule has 0 aliphatic rings. The predicted octanol–water partition coefficient (Wildman–Crippen LogP) is 3.21. The van der Waals surface area contributed by atoms with E-state index < -0.39 is 5.56 Å². The zero-order valence-corrected chi connectivity index (χ0v) is 16.3. The Kier molecular flexibility index (Phi) is 5.38. The van der Waals surface area contributed by atoms with Crippen molar-refractivity contribution < 1.29 is 13.7 Å². The van der Waals surface area contributed by atoms with E-state index in [2.05, 4.69) is 15.5 Å². The minimum Gasteiger partial charge on any atom is -0.352 e. The summed E-state index contributed by atoms with van der Waals surface area (Å²) in [6, 6.07) is 13.6. The molecular weight excluding hydrogens is 387 g/mol. The van der Waals surface area contributed by atoms with Crippen LogP contribution in [0.3, 0.4) is 0 Å². The minimum atomic E-state index is -0.424. The SMILES string of the molecule is Cc1ccc(CNC(=O)CCn2cnc3c(-c4ccc(F)cc4)noc3c2=O)cc1. The molecule has 0 fully saturated rings. The van der Waals surface area contributed by atoms with E-state index in [1.165, 1.54) is 35.2 Å². The highest BCUT2D eigenvalue weighted by molar-refractivity contribution is 5.87. The average molecular weight is 406 g/mol. The second-order valence-electron chi connectivity index (χ2n) is 6.97. The van der Waals surface area contributed by atoms with Gasteiger partial charge in [-0.25, -0.2) is 9.37 Å². The van der Waals surface area contributed by atoms with Crippen molar-refractivity contribution >= 4 is 17.0 Å². The summed E-state index contributed by atoms with van der Waals surface area (Å²) in [4.78, 5) is 29.0. The number of rotatable bonds is 6. The van der Waals surface area contributed by atoms with Crippen molar-refractivity contribution in [3.63, 3.8) is 0 Å². The fraction of sp³-hybridized carbons (Fsp3) is 0.182. The van der Waals surface area contributed by atoms with E-state index in [0.29, 0.717) is 23.3 Å². The number of hydrogen-bond acceptors (Lipinski definition) is 5. The quantitative estimate of drug-likeness (QED) is 0.531. The largest absolute Gasteiger partial charge is 0.352 e. The molecule has 7 nitrogen and oxygen atoms in total. The van der Waals surface area contributed by atoms with Gasteiger partial charge in [0.15, 0.2) is 0 Å². The maximum atomic E-state index is 13.1. The number of halogens is 1. The van der Waals surface area contributed by atoms with Crippen LogP contribution in [0.25, 0.3) is 22.4 Å². The number of fused-ring (bicyclic) bond motifs is 1. The molecule has 2 aromatic heterocycles. The third-order valence-corrected chi connectivity index (χ3v) is 4.76. The lowest BCUT2D eigenvalue weighted by Gasteiger charge is -2.07. The Morgan fingerprint density at radius 3 is 2.60 bits per heavy atom. The van der Waals surface area contributed by atoms with Crippen molar-refractivity contribution in [3.8, 4) is 11.3 Å². The summed E-state index contributed by atoms with van der Waals surface area (Å²) < 4.78 is 19.6. The number of amides is 1. The van der Waals surface area contributed by atoms with E-state index in [0.717, 1.165) is 11.1 Å². The van der Waals surface area contributed by atoms with Crippen LogP contribution < -0.4 is 10.9 Å². The fourth-order valence-corrected chi connectivity index (χ4v) is 3.03. The van der Waals surface area contributed by atoms with E-state index in [4.69, 9.17) is 4.52 Å². The molecule has 1 N–H and O–H groups in total. The zero-order chi connectivity index (χ0) is 21.1. The maximum absolute atomic E-state index is 13.1. The van der Waals surface area contributed by atoms with Crippen molar-refractivity contribution in [2.75, 3.05) is 0 Å². The van der Waals surface area contributed by atoms with Gasteiger partial charge < -0.3 is 9.84 Å². The molecule has 152 valence electrons. The molecule has 30 heavy (non-hydrogen) atoms. The van der Waals surface area contributed by atoms with Crippen LogP contribution in [-0.4, -0.2) is 20.6 Å². The summed E-state index contributed by atoms with van der Waals surface area (Å²) >= 11 is 0. The summed E-state index contributed by atoms with van der Waals surface area (Å²) in [6.07, 6.45) is 1.49. The van der Waals surface area contributed by atoms with Crippen molar-refractivity contribution in [3.05, 3.63) is 82.2 Å². The van der Waals surface area contributed by atoms with Crippen LogP contribution >= 0.6 is 0 Å². The highest BCUT2D eigenvalue weighted by atomic mass is 19.1. The molecule has 0 aliphatic carbocycles. The third-order valence-electron chi connectivity index (χ3n) is 4.76. The topological polar surface area (TPSA) is 90.0 Å². The Morgan fingerprint density at radius 1 is 1.13 bits per heavy atom. The van der Waals surface area contributed by atoms with Gasteiger partial charge in [0.1, 0.15) is 17.0 Å². The molecule has 0 saturated carbocycles. The Bertz CT molecular complexity index is 1240. The molecule has 4 aromatic rings. The highest BCUT2D eigenvalue weighted by Gasteiger charge is 2.16. The Balaban J connectivity index is 1.44. The summed E-state index contributed by atoms with van der Waals surface area (Å²) in [5, 5.41) is 6.74. The number of aryl methyl sites for hydroxylation is 2. The molecule has 0 saturated heterocycles. The van der Waals surface area contributed by atoms with Gasteiger partial charge >= 0.3 is 0 Å². The van der Waals surface area contributed by atoms with E-state index in [-0.39, 0.29) is 30.3 Å². The Hall–Kier alpha value is -3.81. The molecule has 0 spiro atoms. The number of nitrogens with zero attached hydrogens (tertiary/aromatic N) is 3. The van der Waals surface area contributed by atoms with Crippen LogP contribution in [0.15, 0.2) is 64.2 Å². The first-order valence-corrected chi connectivity index (χ1v) is 9.44. The van der Waals surface area contributed by atoms with Gasteiger partial charge in [-0.3, -0.25) is 14.2 Å². The minimum absolute atomic E-state index is 0.00288. The fourth-order valence-electron chi connectivity index (χ4n) is 3.03. The summed E-state index contributed by atoms with van der Waals surface area (Å²) in [5.74, 6) is -0.547.